The van der Waals surface area contributed by atoms with Crippen LogP contribution in [-0.4, -0.2) is 28.8 Å². The molecule has 2 nitrogen and oxygen atoms in total. The molecule has 68 valence electrons. The molecule has 2 aliphatic rings. The number of fused-ring (bicyclic) bond motifs is 2. The highest BCUT2D eigenvalue weighted by Gasteiger charge is 2.40. The number of carbonyl (C=O) groups excluding carboxylic acids is 1. The molecule has 0 unspecified atom stereocenters. The summed E-state index contributed by atoms with van der Waals surface area (Å²) in [5.74, 6) is 0.486. The van der Waals surface area contributed by atoms with Crippen LogP contribution in [0, 0.1) is 0 Å². The van der Waals surface area contributed by atoms with Crippen LogP contribution in [0.4, 0.5) is 0 Å². The Hall–Kier alpha value is -0.370. The summed E-state index contributed by atoms with van der Waals surface area (Å²) in [6, 6.07) is 1.78. The van der Waals surface area contributed by atoms with Gasteiger partial charge in [-0.15, -0.1) is 0 Å². The summed E-state index contributed by atoms with van der Waals surface area (Å²) in [4.78, 5) is 13.8. The molecule has 0 aromatic carbocycles. The van der Waals surface area contributed by atoms with Gasteiger partial charge in [-0.3, -0.25) is 9.69 Å². The first-order valence-electron chi connectivity index (χ1n) is 4.97. The fourth-order valence-electron chi connectivity index (χ4n) is 2.85. The molecule has 2 atom stereocenters. The summed E-state index contributed by atoms with van der Waals surface area (Å²) in [5, 5.41) is 0. The molecule has 0 spiro atoms. The minimum atomic E-state index is 0.486. The topological polar surface area (TPSA) is 20.3 Å². The highest BCUT2D eigenvalue weighted by Crippen LogP contribution is 2.35. The zero-order valence-electron chi connectivity index (χ0n) is 7.92. The molecule has 2 fully saturated rings. The smallest absolute Gasteiger partial charge is 0.136 e. The van der Waals surface area contributed by atoms with E-state index in [2.05, 4.69) is 18.7 Å². The maximum absolute atomic E-state index is 11.3. The first-order valence-corrected chi connectivity index (χ1v) is 4.97. The lowest BCUT2D eigenvalue weighted by Gasteiger charge is -2.37. The molecule has 0 N–H and O–H groups in total. The number of rotatable bonds is 1. The molecule has 2 aliphatic heterocycles. The van der Waals surface area contributed by atoms with Crippen molar-refractivity contribution in [3.05, 3.63) is 0 Å². The third kappa shape index (κ3) is 1.18. The Morgan fingerprint density at radius 2 is 1.75 bits per heavy atom. The maximum atomic E-state index is 11.3. The highest BCUT2D eigenvalue weighted by molar-refractivity contribution is 5.80. The molecule has 0 aliphatic carbocycles. The third-order valence-electron chi connectivity index (χ3n) is 3.20. The van der Waals surface area contributed by atoms with Crippen molar-refractivity contribution in [2.24, 2.45) is 0 Å². The predicted molar refractivity (Wildman–Crippen MR) is 48.0 cm³/mol. The zero-order valence-corrected chi connectivity index (χ0v) is 7.92. The quantitative estimate of drug-likeness (QED) is 0.591. The summed E-state index contributed by atoms with van der Waals surface area (Å²) >= 11 is 0. The molecule has 2 bridgehead atoms. The van der Waals surface area contributed by atoms with Gasteiger partial charge in [0.2, 0.25) is 0 Å². The molecule has 0 saturated carbocycles. The molecule has 0 radical (unpaired) electrons. The third-order valence-corrected chi connectivity index (χ3v) is 3.20. The van der Waals surface area contributed by atoms with Crippen LogP contribution in [0.5, 0.6) is 0 Å². The van der Waals surface area contributed by atoms with Gasteiger partial charge in [0.05, 0.1) is 0 Å². The fraction of sp³-hybridized carbons (Fsp3) is 0.900. The highest BCUT2D eigenvalue weighted by atomic mass is 16.1. The van der Waals surface area contributed by atoms with E-state index in [4.69, 9.17) is 0 Å². The van der Waals surface area contributed by atoms with Crippen LogP contribution in [0.1, 0.15) is 39.5 Å². The van der Waals surface area contributed by atoms with Crippen LogP contribution in [-0.2, 0) is 4.79 Å². The zero-order chi connectivity index (χ0) is 8.72. The summed E-state index contributed by atoms with van der Waals surface area (Å²) in [7, 11) is 0. The van der Waals surface area contributed by atoms with Crippen molar-refractivity contribution < 1.29 is 4.79 Å². The molecule has 0 aromatic heterocycles. The van der Waals surface area contributed by atoms with Gasteiger partial charge in [-0.2, -0.15) is 0 Å². The average molecular weight is 167 g/mol. The SMILES string of the molecule is CC(C)N1[C@@H]2CC[C@@H]1CC(=O)C2. The van der Waals surface area contributed by atoms with Crippen LogP contribution in [0.15, 0.2) is 0 Å². The van der Waals surface area contributed by atoms with Crippen molar-refractivity contribution >= 4 is 5.78 Å². The molecular formula is C10H17NO. The monoisotopic (exact) mass is 167 g/mol. The molecule has 2 heterocycles. The average Bonchev–Trinajstić information content (AvgIpc) is 2.24. The maximum Gasteiger partial charge on any atom is 0.136 e. The lowest BCUT2D eigenvalue weighted by Crippen LogP contribution is -2.46. The van der Waals surface area contributed by atoms with E-state index in [9.17, 15) is 4.79 Å². The van der Waals surface area contributed by atoms with Gasteiger partial charge in [0, 0.05) is 31.0 Å². The Balaban J connectivity index is 2.14. The van der Waals surface area contributed by atoms with E-state index in [1.54, 1.807) is 0 Å². The number of hydrogen-bond acceptors (Lipinski definition) is 2. The van der Waals surface area contributed by atoms with Crippen molar-refractivity contribution in [3.63, 3.8) is 0 Å². The lowest BCUT2D eigenvalue weighted by atomic mass is 10.00. The van der Waals surface area contributed by atoms with Crippen LogP contribution >= 0.6 is 0 Å². The predicted octanol–water partition coefficient (Wildman–Crippen LogP) is 1.59. The molecule has 0 amide bonds. The largest absolute Gasteiger partial charge is 0.300 e. The molecule has 12 heavy (non-hydrogen) atoms. The van der Waals surface area contributed by atoms with Gasteiger partial charge in [0.1, 0.15) is 5.78 Å². The Labute approximate surface area is 73.9 Å². The van der Waals surface area contributed by atoms with Gasteiger partial charge in [0.25, 0.3) is 0 Å². The Morgan fingerprint density at radius 3 is 2.17 bits per heavy atom. The van der Waals surface area contributed by atoms with E-state index in [0.29, 0.717) is 23.9 Å². The van der Waals surface area contributed by atoms with Crippen molar-refractivity contribution in [1.82, 2.24) is 4.90 Å². The van der Waals surface area contributed by atoms with Gasteiger partial charge >= 0.3 is 0 Å². The van der Waals surface area contributed by atoms with Crippen molar-refractivity contribution in [2.75, 3.05) is 0 Å². The van der Waals surface area contributed by atoms with Crippen LogP contribution in [0.2, 0.25) is 0 Å². The fourth-order valence-corrected chi connectivity index (χ4v) is 2.85. The second-order valence-corrected chi connectivity index (χ2v) is 4.37. The van der Waals surface area contributed by atoms with Crippen LogP contribution in [0.3, 0.4) is 0 Å². The molecule has 2 heteroatoms. The standard InChI is InChI=1S/C10H17NO/c1-7(2)11-8-3-4-9(11)6-10(12)5-8/h7-9H,3-6H2,1-2H3/t8-,9-/m1/s1. The Bertz CT molecular complexity index is 184. The molecule has 2 rings (SSSR count). The van der Waals surface area contributed by atoms with Gasteiger partial charge < -0.3 is 0 Å². The van der Waals surface area contributed by atoms with Crippen LogP contribution in [0.25, 0.3) is 0 Å². The molecular weight excluding hydrogens is 150 g/mol. The van der Waals surface area contributed by atoms with Crippen molar-refractivity contribution in [3.8, 4) is 0 Å². The van der Waals surface area contributed by atoms with E-state index < -0.39 is 0 Å². The number of piperidine rings is 1. The van der Waals surface area contributed by atoms with Gasteiger partial charge in [-0.05, 0) is 26.7 Å². The summed E-state index contributed by atoms with van der Waals surface area (Å²) in [6.07, 6.45) is 4.12. The van der Waals surface area contributed by atoms with Gasteiger partial charge in [-0.1, -0.05) is 0 Å². The lowest BCUT2D eigenvalue weighted by molar-refractivity contribution is -0.124. The number of Topliss-reactive ketones (excluding diaryl/α,β-unsaturated/α-hetero) is 1. The normalized spacial score (nSPS) is 36.4. The minimum Gasteiger partial charge on any atom is -0.300 e. The van der Waals surface area contributed by atoms with Crippen molar-refractivity contribution in [2.45, 2.75) is 57.7 Å². The Morgan fingerprint density at radius 1 is 1.25 bits per heavy atom. The van der Waals surface area contributed by atoms with E-state index in [-0.39, 0.29) is 0 Å². The minimum absolute atomic E-state index is 0.486. The summed E-state index contributed by atoms with van der Waals surface area (Å²) in [5.41, 5.74) is 0. The van der Waals surface area contributed by atoms with E-state index in [0.717, 1.165) is 12.8 Å². The van der Waals surface area contributed by atoms with Crippen molar-refractivity contribution in [1.29, 1.82) is 0 Å². The number of nitrogens with zero attached hydrogens (tertiary/aromatic N) is 1. The van der Waals surface area contributed by atoms with E-state index in [1.807, 2.05) is 0 Å². The number of carbonyl (C=O) groups is 1. The van der Waals surface area contributed by atoms with E-state index >= 15 is 0 Å². The second-order valence-electron chi connectivity index (χ2n) is 4.37. The van der Waals surface area contributed by atoms with Gasteiger partial charge in [0.15, 0.2) is 0 Å². The number of hydrogen-bond donors (Lipinski definition) is 0. The second kappa shape index (κ2) is 2.84. The van der Waals surface area contributed by atoms with Gasteiger partial charge in [-0.25, -0.2) is 0 Å². The number of ketones is 1. The van der Waals surface area contributed by atoms with Crippen LogP contribution < -0.4 is 0 Å². The molecule has 0 aromatic rings. The first kappa shape index (κ1) is 8.24. The summed E-state index contributed by atoms with van der Waals surface area (Å²) < 4.78 is 0. The van der Waals surface area contributed by atoms with E-state index in [1.165, 1.54) is 12.8 Å². The Kier molecular flexibility index (Phi) is 1.95. The first-order chi connectivity index (χ1) is 5.68. The summed E-state index contributed by atoms with van der Waals surface area (Å²) in [6.45, 7) is 4.47. The molecule has 2 saturated heterocycles.